The number of hydrogen-bond acceptors (Lipinski definition) is 8. The van der Waals surface area contributed by atoms with Crippen molar-refractivity contribution in [3.8, 4) is 0 Å². The molecule has 3 aliphatic rings. The summed E-state index contributed by atoms with van der Waals surface area (Å²) in [6.07, 6.45) is -0.768. The van der Waals surface area contributed by atoms with Crippen LogP contribution in [0.5, 0.6) is 0 Å². The third-order valence-electron chi connectivity index (χ3n) is 3.87. The second-order valence-corrected chi connectivity index (χ2v) is 10.9. The first-order valence-corrected chi connectivity index (χ1v) is 10.4. The summed E-state index contributed by atoms with van der Waals surface area (Å²) in [4.78, 5) is 36.6. The fraction of sp³-hybridized carbons (Fsp3) is 0.750. The molecule has 0 aromatic heterocycles. The summed E-state index contributed by atoms with van der Waals surface area (Å²) in [5, 5.41) is 19.2. The van der Waals surface area contributed by atoms with E-state index in [1.54, 1.807) is 11.8 Å². The maximum atomic E-state index is 12.0. The number of β-lactam (4-membered cyclic amide) rings is 1. The van der Waals surface area contributed by atoms with Gasteiger partial charge in [0.05, 0.1) is 23.9 Å². The smallest absolute Gasteiger partial charge is 0.332 e. The molecule has 3 aliphatic heterocycles. The average Bonchev–Trinajstić information content (AvgIpc) is 2.99. The number of carboxylic acids is 1. The van der Waals surface area contributed by atoms with Crippen LogP contribution in [0.1, 0.15) is 6.92 Å². The molecular formula is C12H15NO5S4. The Balaban J connectivity index is 1.68. The third kappa shape index (κ3) is 2.77. The van der Waals surface area contributed by atoms with Gasteiger partial charge in [-0.2, -0.15) is 0 Å². The first kappa shape index (κ1) is 16.8. The zero-order valence-electron chi connectivity index (χ0n) is 11.6. The van der Waals surface area contributed by atoms with Crippen molar-refractivity contribution in [1.82, 2.24) is 4.90 Å². The van der Waals surface area contributed by atoms with Crippen molar-refractivity contribution in [1.29, 1.82) is 0 Å². The highest BCUT2D eigenvalue weighted by Crippen LogP contribution is 2.55. The summed E-state index contributed by atoms with van der Waals surface area (Å²) in [5.74, 6) is -0.353. The minimum atomic E-state index is -1.10. The van der Waals surface area contributed by atoms with Crippen LogP contribution in [0.4, 0.5) is 4.79 Å². The highest BCUT2D eigenvalue weighted by atomic mass is 32.2. The number of aliphatic hydroxyl groups excluding tert-OH is 1. The minimum absolute atomic E-state index is 0.0854. The fourth-order valence-electron chi connectivity index (χ4n) is 2.69. The lowest BCUT2D eigenvalue weighted by molar-refractivity contribution is -0.155. The van der Waals surface area contributed by atoms with Crippen molar-refractivity contribution >= 4 is 63.4 Å². The summed E-state index contributed by atoms with van der Waals surface area (Å²) in [6, 6.07) is 0. The van der Waals surface area contributed by atoms with E-state index in [-0.39, 0.29) is 27.5 Å². The minimum Gasteiger partial charge on any atom is -0.480 e. The highest BCUT2D eigenvalue weighted by Gasteiger charge is 2.63. The van der Waals surface area contributed by atoms with Gasteiger partial charge in [0.25, 0.3) is 0 Å². The Bertz CT molecular complexity index is 530. The quantitative estimate of drug-likeness (QED) is 0.685. The molecule has 3 saturated heterocycles. The van der Waals surface area contributed by atoms with Crippen LogP contribution in [0.25, 0.3) is 0 Å². The molecule has 2 N–H and O–H groups in total. The maximum Gasteiger partial charge on any atom is 0.332 e. The average molecular weight is 382 g/mol. The topological polar surface area (TPSA) is 94.9 Å². The lowest BCUT2D eigenvalue weighted by Gasteiger charge is -2.42. The molecule has 3 rings (SSSR count). The van der Waals surface area contributed by atoms with Crippen LogP contribution in [0.15, 0.2) is 0 Å². The molecular weight excluding hydrogens is 366 g/mol. The summed E-state index contributed by atoms with van der Waals surface area (Å²) in [5.41, 5.74) is 0. The summed E-state index contributed by atoms with van der Waals surface area (Å²) < 4.78 is -1.01. The van der Waals surface area contributed by atoms with Crippen molar-refractivity contribution in [2.75, 3.05) is 18.1 Å². The zero-order chi connectivity index (χ0) is 16.1. The van der Waals surface area contributed by atoms with Crippen LogP contribution >= 0.6 is 47.0 Å². The first-order valence-electron chi connectivity index (χ1n) is 6.71. The lowest BCUT2D eigenvalue weighted by Crippen LogP contribution is -2.60. The van der Waals surface area contributed by atoms with Crippen LogP contribution in [-0.2, 0) is 9.59 Å². The zero-order valence-corrected chi connectivity index (χ0v) is 14.9. The molecule has 2 unspecified atom stereocenters. The molecule has 10 heteroatoms. The van der Waals surface area contributed by atoms with Crippen molar-refractivity contribution in [3.63, 3.8) is 0 Å². The normalized spacial score (nSPS) is 38.8. The number of carboxylic acid groups (broad SMARTS) is 1. The van der Waals surface area contributed by atoms with E-state index in [1.165, 1.54) is 47.0 Å². The van der Waals surface area contributed by atoms with E-state index in [0.717, 1.165) is 0 Å². The van der Waals surface area contributed by atoms with Crippen LogP contribution in [-0.4, -0.2) is 70.3 Å². The largest absolute Gasteiger partial charge is 0.480 e. The van der Waals surface area contributed by atoms with Gasteiger partial charge >= 0.3 is 5.97 Å². The number of aliphatic hydroxyl groups is 1. The number of fused-ring (bicyclic) bond motifs is 1. The number of carbonyl (C=O) groups is 3. The number of carbonyl (C=O) groups excluding carboxylic acids is 2. The predicted molar refractivity (Wildman–Crippen MR) is 90.3 cm³/mol. The van der Waals surface area contributed by atoms with E-state index < -0.39 is 22.1 Å². The standard InChI is InChI=1S/C12H15NO5S4/c1-5(14)7-8(15)13-4-12(10(16)17,22-9(7)13)20-3-6-2-19-11(18)21-6/h5-7,9,14H,2-4H2,1H3,(H,16,17)/t5-,6?,7+,9-,12?/m1/s1. The van der Waals surface area contributed by atoms with Gasteiger partial charge in [0.1, 0.15) is 0 Å². The van der Waals surface area contributed by atoms with Gasteiger partial charge in [0.2, 0.25) is 10.4 Å². The van der Waals surface area contributed by atoms with Gasteiger partial charge in [-0.3, -0.25) is 9.59 Å². The van der Waals surface area contributed by atoms with E-state index in [4.69, 9.17) is 0 Å². The molecule has 22 heavy (non-hydrogen) atoms. The van der Waals surface area contributed by atoms with E-state index in [2.05, 4.69) is 0 Å². The van der Waals surface area contributed by atoms with Gasteiger partial charge < -0.3 is 15.1 Å². The Labute approximate surface area is 144 Å². The Morgan fingerprint density at radius 2 is 2.27 bits per heavy atom. The molecule has 0 radical (unpaired) electrons. The number of amides is 1. The monoisotopic (exact) mass is 381 g/mol. The van der Waals surface area contributed by atoms with Gasteiger partial charge in [-0.1, -0.05) is 23.5 Å². The Morgan fingerprint density at radius 3 is 2.82 bits per heavy atom. The van der Waals surface area contributed by atoms with Gasteiger partial charge in [-0.05, 0) is 6.92 Å². The first-order chi connectivity index (χ1) is 10.3. The number of thioether (sulfide) groups is 4. The molecule has 122 valence electrons. The van der Waals surface area contributed by atoms with E-state index in [1.807, 2.05) is 0 Å². The lowest BCUT2D eigenvalue weighted by atomic mass is 9.93. The molecule has 0 spiro atoms. The second kappa shape index (κ2) is 6.12. The Kier molecular flexibility index (Phi) is 4.68. The third-order valence-corrected chi connectivity index (χ3v) is 10.1. The molecule has 3 heterocycles. The predicted octanol–water partition coefficient (Wildman–Crippen LogP) is 1.38. The number of rotatable bonds is 5. The van der Waals surface area contributed by atoms with Gasteiger partial charge in [0, 0.05) is 16.8 Å². The molecule has 3 fully saturated rings. The Hall–Kier alpha value is -0.0300. The van der Waals surface area contributed by atoms with Crippen LogP contribution in [0.3, 0.4) is 0 Å². The number of nitrogens with zero attached hydrogens (tertiary/aromatic N) is 1. The maximum absolute atomic E-state index is 12.0. The van der Waals surface area contributed by atoms with Crippen molar-refractivity contribution in [2.24, 2.45) is 5.92 Å². The van der Waals surface area contributed by atoms with Crippen molar-refractivity contribution < 1.29 is 24.6 Å². The molecule has 1 amide bonds. The van der Waals surface area contributed by atoms with E-state index in [9.17, 15) is 24.6 Å². The second-order valence-electron chi connectivity index (χ2n) is 5.41. The van der Waals surface area contributed by atoms with Crippen LogP contribution < -0.4 is 0 Å². The van der Waals surface area contributed by atoms with Crippen molar-refractivity contribution in [3.05, 3.63) is 0 Å². The number of hydrogen-bond donors (Lipinski definition) is 2. The van der Waals surface area contributed by atoms with Crippen molar-refractivity contribution in [2.45, 2.75) is 27.7 Å². The van der Waals surface area contributed by atoms with Gasteiger partial charge in [-0.15, -0.1) is 23.5 Å². The van der Waals surface area contributed by atoms with Crippen LogP contribution in [0.2, 0.25) is 0 Å². The SMILES string of the molecule is C[C@@H](O)[C@H]1C(=O)N2CC(SCC3CSC(=O)S3)(C(=O)O)S[C@H]12. The van der Waals surface area contributed by atoms with Gasteiger partial charge in [0.15, 0.2) is 4.08 Å². The molecule has 0 saturated carbocycles. The van der Waals surface area contributed by atoms with E-state index >= 15 is 0 Å². The summed E-state index contributed by atoms with van der Waals surface area (Å²) in [7, 11) is 0. The molecule has 6 nitrogen and oxygen atoms in total. The fourth-order valence-corrected chi connectivity index (χ4v) is 8.59. The highest BCUT2D eigenvalue weighted by molar-refractivity contribution is 8.41. The molecule has 0 aliphatic carbocycles. The summed E-state index contributed by atoms with van der Waals surface area (Å²) >= 11 is 5.09. The summed E-state index contributed by atoms with van der Waals surface area (Å²) in [6.45, 7) is 1.72. The molecule has 5 atom stereocenters. The number of aliphatic carboxylic acids is 1. The van der Waals surface area contributed by atoms with E-state index in [0.29, 0.717) is 11.5 Å². The Morgan fingerprint density at radius 1 is 1.55 bits per heavy atom. The molecule has 0 bridgehead atoms. The molecule has 0 aromatic carbocycles. The van der Waals surface area contributed by atoms with Crippen LogP contribution in [0, 0.1) is 5.92 Å². The molecule has 0 aromatic rings. The van der Waals surface area contributed by atoms with Gasteiger partial charge in [-0.25, -0.2) is 4.79 Å².